The molecule has 6 aromatic rings. The van der Waals surface area contributed by atoms with E-state index >= 15 is 0 Å². The van der Waals surface area contributed by atoms with E-state index in [4.69, 9.17) is 14.5 Å². The molecular formula is C40H38N4O5S. The van der Waals surface area contributed by atoms with Crippen LogP contribution in [0.4, 0.5) is 0 Å². The maximum atomic E-state index is 14.1. The number of carboxylic acid groups (broad SMARTS) is 1. The lowest BCUT2D eigenvalue weighted by Crippen LogP contribution is -2.50. The molecule has 254 valence electrons. The quantitative estimate of drug-likeness (QED) is 0.180. The first-order valence-corrected chi connectivity index (χ1v) is 17.9. The number of piperidine rings is 1. The summed E-state index contributed by atoms with van der Waals surface area (Å²) in [7, 11) is 1.66. The molecule has 0 atom stereocenters. The topological polar surface area (TPSA) is 97.1 Å². The highest BCUT2D eigenvalue weighted by Crippen LogP contribution is 2.45. The second-order valence-corrected chi connectivity index (χ2v) is 14.0. The molecule has 1 N–H and O–H groups in total. The minimum absolute atomic E-state index is 0.0386. The van der Waals surface area contributed by atoms with E-state index in [1.54, 1.807) is 13.2 Å². The van der Waals surface area contributed by atoms with Crippen LogP contribution in [-0.4, -0.2) is 88.9 Å². The number of aromatic nitrogens is 2. The van der Waals surface area contributed by atoms with Gasteiger partial charge in [-0.3, -0.25) is 9.69 Å². The second kappa shape index (κ2) is 13.7. The van der Waals surface area contributed by atoms with Gasteiger partial charge < -0.3 is 24.0 Å². The van der Waals surface area contributed by atoms with Gasteiger partial charge in [0.1, 0.15) is 17.2 Å². The van der Waals surface area contributed by atoms with E-state index in [9.17, 15) is 14.7 Å². The number of amides is 1. The lowest BCUT2D eigenvalue weighted by Gasteiger charge is -2.40. The molecule has 0 bridgehead atoms. The summed E-state index contributed by atoms with van der Waals surface area (Å²) in [6, 6.07) is 30.4. The molecule has 2 aliphatic heterocycles. The lowest BCUT2D eigenvalue weighted by atomic mass is 9.99. The monoisotopic (exact) mass is 686 g/mol. The third-order valence-electron chi connectivity index (χ3n) is 10.0. The Bertz CT molecular complexity index is 2200. The van der Waals surface area contributed by atoms with Crippen LogP contribution in [0, 0.1) is 0 Å². The van der Waals surface area contributed by atoms with Crippen LogP contribution in [0.25, 0.3) is 54.8 Å². The zero-order chi connectivity index (χ0) is 34.2. The van der Waals surface area contributed by atoms with Crippen LogP contribution >= 0.6 is 11.3 Å². The van der Waals surface area contributed by atoms with Crippen LogP contribution in [0.2, 0.25) is 0 Å². The van der Waals surface area contributed by atoms with Gasteiger partial charge in [-0.15, -0.1) is 11.3 Å². The predicted molar refractivity (Wildman–Crippen MR) is 197 cm³/mol. The van der Waals surface area contributed by atoms with Gasteiger partial charge >= 0.3 is 5.97 Å². The molecule has 2 saturated heterocycles. The van der Waals surface area contributed by atoms with Crippen molar-refractivity contribution < 1.29 is 24.2 Å². The van der Waals surface area contributed by atoms with Crippen LogP contribution in [0.15, 0.2) is 91.0 Å². The number of hydrogen-bond donors (Lipinski definition) is 1. The van der Waals surface area contributed by atoms with Crippen LogP contribution in [0.5, 0.6) is 5.75 Å². The maximum Gasteiger partial charge on any atom is 0.345 e. The zero-order valence-electron chi connectivity index (χ0n) is 27.9. The van der Waals surface area contributed by atoms with Gasteiger partial charge in [-0.2, -0.15) is 0 Å². The summed E-state index contributed by atoms with van der Waals surface area (Å²) in [4.78, 5) is 36.1. The van der Waals surface area contributed by atoms with Crippen molar-refractivity contribution in [3.05, 3.63) is 95.9 Å². The van der Waals surface area contributed by atoms with Crippen molar-refractivity contribution in [2.24, 2.45) is 0 Å². The number of carbonyl (C=O) groups is 2. The Hall–Kier alpha value is -5.03. The highest BCUT2D eigenvalue weighted by atomic mass is 32.1. The van der Waals surface area contributed by atoms with Gasteiger partial charge in [-0.05, 0) is 60.4 Å². The number of likely N-dealkylation sites (tertiary alicyclic amines) is 1. The van der Waals surface area contributed by atoms with E-state index in [2.05, 4.69) is 23.1 Å². The summed E-state index contributed by atoms with van der Waals surface area (Å²) in [5, 5.41) is 11.0. The average Bonchev–Trinajstić information content (AvgIpc) is 3.73. The molecule has 0 unspecified atom stereocenters. The minimum atomic E-state index is -0.974. The molecule has 1 amide bonds. The molecule has 0 aliphatic carbocycles. The predicted octanol–water partition coefficient (Wildman–Crippen LogP) is 7.28. The molecule has 2 aliphatic rings. The Morgan fingerprint density at radius 3 is 2.42 bits per heavy atom. The number of thiophene rings is 1. The fourth-order valence-corrected chi connectivity index (χ4v) is 8.51. The number of aromatic carboxylic acids is 1. The highest BCUT2D eigenvalue weighted by molar-refractivity contribution is 7.21. The number of fused-ring (bicyclic) bond motifs is 2. The van der Waals surface area contributed by atoms with Gasteiger partial charge in [0.2, 0.25) is 5.91 Å². The average molecular weight is 687 g/mol. The summed E-state index contributed by atoms with van der Waals surface area (Å²) in [6.45, 7) is 4.94. The fourth-order valence-electron chi connectivity index (χ4n) is 7.44. The first kappa shape index (κ1) is 32.2. The molecule has 8 rings (SSSR count). The molecule has 0 radical (unpaired) electrons. The van der Waals surface area contributed by atoms with Crippen molar-refractivity contribution in [1.29, 1.82) is 0 Å². The van der Waals surface area contributed by atoms with E-state index in [0.29, 0.717) is 19.1 Å². The van der Waals surface area contributed by atoms with E-state index in [1.807, 2.05) is 76.2 Å². The SMILES string of the molecule is COc1cccc(-c2ccc3cc(-c4c(-c5ccccc5)c5sc(C(=O)O)cc5n4CC(=O)N4CCC(N5CCOCC5)CC4)ccc3n2)c1. The summed E-state index contributed by atoms with van der Waals surface area (Å²) >= 11 is 1.26. The lowest BCUT2D eigenvalue weighted by molar-refractivity contribution is -0.133. The van der Waals surface area contributed by atoms with Crippen LogP contribution in [0.3, 0.4) is 0 Å². The van der Waals surface area contributed by atoms with E-state index in [1.165, 1.54) is 11.3 Å². The molecule has 10 heteroatoms. The van der Waals surface area contributed by atoms with Crippen molar-refractivity contribution in [1.82, 2.24) is 19.4 Å². The van der Waals surface area contributed by atoms with Crippen LogP contribution in [0.1, 0.15) is 22.5 Å². The van der Waals surface area contributed by atoms with Crippen LogP contribution < -0.4 is 4.74 Å². The largest absolute Gasteiger partial charge is 0.497 e. The van der Waals surface area contributed by atoms with E-state index < -0.39 is 5.97 Å². The molecule has 3 aromatic carbocycles. The molecule has 0 saturated carbocycles. The highest BCUT2D eigenvalue weighted by Gasteiger charge is 2.30. The Kier molecular flexibility index (Phi) is 8.82. The number of methoxy groups -OCH3 is 1. The third kappa shape index (κ3) is 6.15. The van der Waals surface area contributed by atoms with Crippen molar-refractivity contribution in [2.45, 2.75) is 25.4 Å². The second-order valence-electron chi connectivity index (χ2n) is 12.9. The fraction of sp³-hybridized carbons (Fsp3) is 0.275. The maximum absolute atomic E-state index is 14.1. The van der Waals surface area contributed by atoms with Crippen molar-refractivity contribution in [2.75, 3.05) is 46.5 Å². The molecular weight excluding hydrogens is 649 g/mol. The normalized spacial score (nSPS) is 15.9. The summed E-state index contributed by atoms with van der Waals surface area (Å²) in [6.07, 6.45) is 1.87. The molecule has 2 fully saturated rings. The number of pyridine rings is 1. The number of benzene rings is 3. The molecule has 50 heavy (non-hydrogen) atoms. The van der Waals surface area contributed by atoms with Crippen LogP contribution in [-0.2, 0) is 16.1 Å². The van der Waals surface area contributed by atoms with Gasteiger partial charge in [0.05, 0.1) is 47.4 Å². The number of ether oxygens (including phenoxy) is 2. The number of carboxylic acids is 1. The first-order valence-electron chi connectivity index (χ1n) is 17.1. The first-order chi connectivity index (χ1) is 24.5. The molecule has 9 nitrogen and oxygen atoms in total. The van der Waals surface area contributed by atoms with Crippen molar-refractivity contribution in [3.63, 3.8) is 0 Å². The van der Waals surface area contributed by atoms with Gasteiger partial charge in [0.15, 0.2) is 0 Å². The Morgan fingerprint density at radius 1 is 0.880 bits per heavy atom. The van der Waals surface area contributed by atoms with E-state index in [-0.39, 0.29) is 17.3 Å². The van der Waals surface area contributed by atoms with Crippen molar-refractivity contribution in [3.8, 4) is 39.4 Å². The number of nitrogens with zero attached hydrogens (tertiary/aromatic N) is 4. The molecule has 5 heterocycles. The van der Waals surface area contributed by atoms with Gasteiger partial charge in [0.25, 0.3) is 0 Å². The molecule has 3 aromatic heterocycles. The number of carbonyl (C=O) groups excluding carboxylic acids is 1. The van der Waals surface area contributed by atoms with Gasteiger partial charge in [-0.1, -0.05) is 54.6 Å². The van der Waals surface area contributed by atoms with Gasteiger partial charge in [0, 0.05) is 48.7 Å². The van der Waals surface area contributed by atoms with Gasteiger partial charge in [-0.25, -0.2) is 9.78 Å². The number of hydrogen-bond acceptors (Lipinski definition) is 7. The smallest absolute Gasteiger partial charge is 0.345 e. The summed E-state index contributed by atoms with van der Waals surface area (Å²) in [5.74, 6) is -0.161. The zero-order valence-corrected chi connectivity index (χ0v) is 28.7. The Balaban J connectivity index is 1.20. The Morgan fingerprint density at radius 2 is 1.66 bits per heavy atom. The Labute approximate surface area is 294 Å². The summed E-state index contributed by atoms with van der Waals surface area (Å²) in [5.41, 5.74) is 7.15. The number of morpholine rings is 1. The number of rotatable bonds is 8. The molecule has 0 spiro atoms. The van der Waals surface area contributed by atoms with E-state index in [0.717, 1.165) is 99.7 Å². The van der Waals surface area contributed by atoms with Crippen molar-refractivity contribution >= 4 is 44.3 Å². The third-order valence-corrected chi connectivity index (χ3v) is 11.1. The summed E-state index contributed by atoms with van der Waals surface area (Å²) < 4.78 is 13.9. The standard InChI is InChI=1S/C40H38N4O5S/c1-48-31-9-5-8-27(23-31)32-12-10-28-22-29(11-13-33(28)41-32)38-37(26-6-3-2-4-7-26)39-34(24-35(50-39)40(46)47)44(38)25-36(45)43-16-14-30(15-17-43)42-18-20-49-21-19-42/h2-13,22-24,30H,14-21,25H2,1H3,(H,46,47). The minimum Gasteiger partial charge on any atom is -0.497 e.